The highest BCUT2D eigenvalue weighted by Gasteiger charge is 2.30. The third kappa shape index (κ3) is 71.5. The van der Waals surface area contributed by atoms with Gasteiger partial charge >= 0.3 is 39.5 Å². The summed E-state index contributed by atoms with van der Waals surface area (Å²) >= 11 is 0. The van der Waals surface area contributed by atoms with Gasteiger partial charge in [-0.2, -0.15) is 0 Å². The number of aliphatic hydroxyl groups excluding tert-OH is 1. The lowest BCUT2D eigenvalue weighted by molar-refractivity contribution is -0.161. The molecule has 99 heavy (non-hydrogen) atoms. The lowest BCUT2D eigenvalue weighted by atomic mass is 9.99. The minimum absolute atomic E-state index is 0.105. The second kappa shape index (κ2) is 70.4. The Labute approximate surface area is 607 Å². The molecule has 3 N–H and O–H groups in total. The van der Waals surface area contributed by atoms with Gasteiger partial charge in [-0.3, -0.25) is 37.3 Å². The summed E-state index contributed by atoms with van der Waals surface area (Å²) in [7, 11) is -9.91. The van der Waals surface area contributed by atoms with Gasteiger partial charge in [-0.15, -0.1) is 0 Å². The molecule has 0 amide bonds. The molecule has 17 nitrogen and oxygen atoms in total. The van der Waals surface area contributed by atoms with Gasteiger partial charge in [-0.05, 0) is 43.4 Å². The van der Waals surface area contributed by atoms with E-state index in [1.165, 1.54) is 212 Å². The molecule has 0 aromatic rings. The second-order valence-electron chi connectivity index (χ2n) is 29.8. The second-order valence-corrected chi connectivity index (χ2v) is 32.7. The summed E-state index contributed by atoms with van der Waals surface area (Å²) in [6.07, 6.45) is 58.5. The fourth-order valence-electron chi connectivity index (χ4n) is 12.2. The summed E-state index contributed by atoms with van der Waals surface area (Å²) in [6, 6.07) is 0. The number of phosphoric acid groups is 2. The average Bonchev–Trinajstić information content (AvgIpc) is 1.03. The highest BCUT2D eigenvalue weighted by molar-refractivity contribution is 7.47. The van der Waals surface area contributed by atoms with Crippen LogP contribution in [0.2, 0.25) is 0 Å². The van der Waals surface area contributed by atoms with Crippen molar-refractivity contribution in [2.24, 2.45) is 17.8 Å². The van der Waals surface area contributed by atoms with Crippen LogP contribution in [0.4, 0.5) is 0 Å². The lowest BCUT2D eigenvalue weighted by Crippen LogP contribution is -2.30. The van der Waals surface area contributed by atoms with Crippen LogP contribution < -0.4 is 0 Å². The van der Waals surface area contributed by atoms with E-state index in [1.54, 1.807) is 0 Å². The first kappa shape index (κ1) is 97.1. The van der Waals surface area contributed by atoms with Crippen molar-refractivity contribution in [3.05, 3.63) is 0 Å². The minimum atomic E-state index is -4.96. The van der Waals surface area contributed by atoms with Crippen LogP contribution >= 0.6 is 15.6 Å². The van der Waals surface area contributed by atoms with Crippen molar-refractivity contribution in [2.75, 3.05) is 39.6 Å². The minimum Gasteiger partial charge on any atom is -0.462 e. The van der Waals surface area contributed by atoms with Crippen LogP contribution in [0.1, 0.15) is 414 Å². The standard InChI is InChI=1S/C80H156O17P2/c1-8-11-12-13-37-47-54-61-77(82)90-67-75(97-80(85)64-57-50-43-36-35-40-46-53-60-73(7)10-3)69-94-98(86,87)92-65-74(81)66-93-99(88,89)95-70-76(68-91-78(83)62-55-48-41-33-29-25-22-18-19-23-27-31-38-44-51-58-71(4)5)96-79(84)63-56-49-42-34-30-26-21-17-15-14-16-20-24-28-32-39-45-52-59-72(6)9-2/h71-76,81H,8-70H2,1-7H3,(H,86,87)(H,88,89)/t72?,73?,74-,75+,76+/m0/s1. The van der Waals surface area contributed by atoms with Crippen LogP contribution in [0.25, 0.3) is 0 Å². The molecule has 0 spiro atoms. The fraction of sp³-hybridized carbons (Fsp3) is 0.950. The lowest BCUT2D eigenvalue weighted by Gasteiger charge is -2.21. The van der Waals surface area contributed by atoms with E-state index in [0.29, 0.717) is 25.7 Å². The van der Waals surface area contributed by atoms with Crippen molar-refractivity contribution in [2.45, 2.75) is 433 Å². The normalized spacial score (nSPS) is 14.5. The summed E-state index contributed by atoms with van der Waals surface area (Å²) < 4.78 is 68.5. The van der Waals surface area contributed by atoms with E-state index in [0.717, 1.165) is 120 Å². The molecule has 4 unspecified atom stereocenters. The van der Waals surface area contributed by atoms with Gasteiger partial charge in [0.25, 0.3) is 0 Å². The fourth-order valence-corrected chi connectivity index (χ4v) is 13.8. The molecular formula is C80H156O17P2. The summed E-state index contributed by atoms with van der Waals surface area (Å²) in [5.41, 5.74) is 0. The van der Waals surface area contributed by atoms with E-state index in [2.05, 4.69) is 48.5 Å². The molecule has 0 radical (unpaired) electrons. The summed E-state index contributed by atoms with van der Waals surface area (Å²) in [6.45, 7) is 12.0. The van der Waals surface area contributed by atoms with E-state index >= 15 is 0 Å². The van der Waals surface area contributed by atoms with Gasteiger partial charge in [0.15, 0.2) is 12.2 Å². The topological polar surface area (TPSA) is 237 Å². The Balaban J connectivity index is 5.17. The Kier molecular flexibility index (Phi) is 69.0. The molecule has 0 aliphatic carbocycles. The Bertz CT molecular complexity index is 1930. The van der Waals surface area contributed by atoms with Gasteiger partial charge in [0, 0.05) is 25.7 Å². The molecular weight excluding hydrogens is 1290 g/mol. The molecule has 0 bridgehead atoms. The van der Waals surface area contributed by atoms with Gasteiger partial charge in [0.05, 0.1) is 26.4 Å². The van der Waals surface area contributed by atoms with Crippen LogP contribution in [-0.2, 0) is 65.4 Å². The zero-order valence-corrected chi connectivity index (χ0v) is 66.8. The maximum atomic E-state index is 13.1. The summed E-state index contributed by atoms with van der Waals surface area (Å²) in [5, 5.41) is 10.6. The van der Waals surface area contributed by atoms with Crippen molar-refractivity contribution in [1.82, 2.24) is 0 Å². The summed E-state index contributed by atoms with van der Waals surface area (Å²) in [5.74, 6) is 0.328. The highest BCUT2D eigenvalue weighted by Crippen LogP contribution is 2.45. The number of esters is 4. The van der Waals surface area contributed by atoms with Crippen LogP contribution in [0.5, 0.6) is 0 Å². The third-order valence-electron chi connectivity index (χ3n) is 19.4. The van der Waals surface area contributed by atoms with Crippen molar-refractivity contribution in [3.63, 3.8) is 0 Å². The molecule has 19 heteroatoms. The van der Waals surface area contributed by atoms with E-state index in [9.17, 15) is 43.2 Å². The van der Waals surface area contributed by atoms with Gasteiger partial charge in [-0.1, -0.05) is 363 Å². The highest BCUT2D eigenvalue weighted by atomic mass is 31.2. The van der Waals surface area contributed by atoms with Crippen LogP contribution in [0, 0.1) is 17.8 Å². The maximum Gasteiger partial charge on any atom is 0.472 e. The smallest absolute Gasteiger partial charge is 0.462 e. The predicted molar refractivity (Wildman–Crippen MR) is 405 cm³/mol. The molecule has 0 aromatic carbocycles. The monoisotopic (exact) mass is 1450 g/mol. The molecule has 0 aliphatic rings. The molecule has 588 valence electrons. The van der Waals surface area contributed by atoms with E-state index in [4.69, 9.17) is 37.0 Å². The maximum absolute atomic E-state index is 13.1. The first-order valence-corrected chi connectivity index (χ1v) is 44.4. The number of ether oxygens (including phenoxy) is 4. The van der Waals surface area contributed by atoms with E-state index < -0.39 is 97.5 Å². The summed E-state index contributed by atoms with van der Waals surface area (Å²) in [4.78, 5) is 72.8. The zero-order valence-electron chi connectivity index (χ0n) is 65.0. The number of carbonyl (C=O) groups excluding carboxylic acids is 4. The third-order valence-corrected chi connectivity index (χ3v) is 21.3. The number of unbranched alkanes of at least 4 members (excludes halogenated alkanes) is 44. The van der Waals surface area contributed by atoms with E-state index in [-0.39, 0.29) is 25.7 Å². The number of aliphatic hydroxyl groups is 1. The molecule has 0 rings (SSSR count). The quantitative estimate of drug-likeness (QED) is 0.0222. The van der Waals surface area contributed by atoms with Crippen LogP contribution in [0.3, 0.4) is 0 Å². The average molecular weight is 1450 g/mol. The number of carbonyl (C=O) groups is 4. The molecule has 0 aromatic heterocycles. The molecule has 0 heterocycles. The number of hydrogen-bond donors (Lipinski definition) is 3. The largest absolute Gasteiger partial charge is 0.472 e. The van der Waals surface area contributed by atoms with Crippen LogP contribution in [-0.4, -0.2) is 96.7 Å². The van der Waals surface area contributed by atoms with Gasteiger partial charge in [0.2, 0.25) is 0 Å². The SMILES string of the molecule is CCCCCCCCCC(=O)OC[C@H](COP(=O)(O)OC[C@H](O)COP(=O)(O)OC[C@@H](COC(=O)CCCCCCCCCCCCCCCCCC(C)C)OC(=O)CCCCCCCCCCCCCCCCCCCCC(C)CC)OC(=O)CCCCCCCCCCC(C)CC. The van der Waals surface area contributed by atoms with Gasteiger partial charge in [-0.25, -0.2) is 9.13 Å². The number of phosphoric ester groups is 2. The number of rotatable bonds is 78. The first-order chi connectivity index (χ1) is 47.8. The van der Waals surface area contributed by atoms with Crippen molar-refractivity contribution >= 4 is 39.5 Å². The molecule has 7 atom stereocenters. The zero-order chi connectivity index (χ0) is 73.0. The molecule has 0 aliphatic heterocycles. The Morgan fingerprint density at radius 1 is 0.293 bits per heavy atom. The van der Waals surface area contributed by atoms with Crippen molar-refractivity contribution in [3.8, 4) is 0 Å². The van der Waals surface area contributed by atoms with E-state index in [1.807, 2.05) is 0 Å². The van der Waals surface area contributed by atoms with Crippen molar-refractivity contribution in [1.29, 1.82) is 0 Å². The Morgan fingerprint density at radius 2 is 0.515 bits per heavy atom. The first-order valence-electron chi connectivity index (χ1n) is 41.4. The van der Waals surface area contributed by atoms with Gasteiger partial charge < -0.3 is 33.8 Å². The number of hydrogen-bond acceptors (Lipinski definition) is 15. The Hall–Kier alpha value is -1.94. The van der Waals surface area contributed by atoms with Crippen molar-refractivity contribution < 1.29 is 80.2 Å². The predicted octanol–water partition coefficient (Wildman–Crippen LogP) is 23.7. The molecule has 0 fully saturated rings. The molecule has 0 saturated carbocycles. The Morgan fingerprint density at radius 3 is 0.768 bits per heavy atom. The molecule has 0 saturated heterocycles. The van der Waals surface area contributed by atoms with Gasteiger partial charge in [0.1, 0.15) is 19.3 Å². The van der Waals surface area contributed by atoms with Crippen LogP contribution in [0.15, 0.2) is 0 Å².